The van der Waals surface area contributed by atoms with Crippen LogP contribution in [0.25, 0.3) is 0 Å². The number of aryl methyl sites for hydroxylation is 1. The number of nitrogens with one attached hydrogen (secondary N) is 2. The molecule has 0 atom stereocenters. The Labute approximate surface area is 171 Å². The highest BCUT2D eigenvalue weighted by atomic mass is 32.2. The molecular weight excluding hydrogens is 390 g/mol. The molecule has 1 aromatic heterocycles. The molecule has 156 valence electrons. The van der Waals surface area contributed by atoms with Gasteiger partial charge in [-0.15, -0.1) is 0 Å². The topological polar surface area (TPSA) is 99.3 Å². The predicted octanol–water partition coefficient (Wildman–Crippen LogP) is 3.51. The lowest BCUT2D eigenvalue weighted by Crippen LogP contribution is -2.38. The van der Waals surface area contributed by atoms with Crippen LogP contribution in [0.2, 0.25) is 0 Å². The molecular formula is C21H27N3O4S. The quantitative estimate of drug-likeness (QED) is 0.727. The van der Waals surface area contributed by atoms with Gasteiger partial charge in [-0.1, -0.05) is 6.92 Å². The third-order valence-corrected chi connectivity index (χ3v) is 7.66. The van der Waals surface area contributed by atoms with E-state index in [2.05, 4.69) is 17.2 Å². The number of anilines is 1. The molecule has 0 saturated carbocycles. The van der Waals surface area contributed by atoms with Crippen molar-refractivity contribution in [1.29, 1.82) is 0 Å². The van der Waals surface area contributed by atoms with Gasteiger partial charge in [0, 0.05) is 30.0 Å². The van der Waals surface area contributed by atoms with Crippen LogP contribution < -0.4 is 5.32 Å². The standard InChI is InChI=1S/C21H27N3O4S/c1-13-9-11-24(12-10-13)29(27,28)20-14(2)19(22-15(20)3)21(26)23-18-7-5-17(6-8-18)16(4)25/h5-8,13,22H,9-12H2,1-4H3,(H,23,26). The summed E-state index contributed by atoms with van der Waals surface area (Å²) in [7, 11) is -3.66. The summed E-state index contributed by atoms with van der Waals surface area (Å²) in [4.78, 5) is 27.3. The number of H-pyrrole nitrogens is 1. The van der Waals surface area contributed by atoms with Gasteiger partial charge in [-0.3, -0.25) is 9.59 Å². The first-order valence-electron chi connectivity index (χ1n) is 9.73. The molecule has 1 aliphatic heterocycles. The average Bonchev–Trinajstić information content (AvgIpc) is 2.97. The maximum absolute atomic E-state index is 13.2. The summed E-state index contributed by atoms with van der Waals surface area (Å²) in [6.45, 7) is 7.92. The molecule has 2 aromatic rings. The molecule has 0 aliphatic carbocycles. The molecule has 1 fully saturated rings. The van der Waals surface area contributed by atoms with Gasteiger partial charge in [0.05, 0.1) is 0 Å². The number of carbonyl (C=O) groups is 2. The number of rotatable bonds is 5. The van der Waals surface area contributed by atoms with Crippen LogP contribution >= 0.6 is 0 Å². The van der Waals surface area contributed by atoms with Crippen LogP contribution in [0.1, 0.15) is 58.8 Å². The summed E-state index contributed by atoms with van der Waals surface area (Å²) >= 11 is 0. The summed E-state index contributed by atoms with van der Waals surface area (Å²) in [5.74, 6) is 0.0427. The zero-order valence-corrected chi connectivity index (χ0v) is 18.0. The van der Waals surface area contributed by atoms with E-state index in [0.29, 0.717) is 41.5 Å². The fraction of sp³-hybridized carbons (Fsp3) is 0.429. The number of nitrogens with zero attached hydrogens (tertiary/aromatic N) is 1. The van der Waals surface area contributed by atoms with Gasteiger partial charge in [0.25, 0.3) is 5.91 Å². The van der Waals surface area contributed by atoms with Crippen molar-refractivity contribution < 1.29 is 18.0 Å². The number of aromatic amines is 1. The molecule has 29 heavy (non-hydrogen) atoms. The number of amides is 1. The molecule has 7 nitrogen and oxygen atoms in total. The van der Waals surface area contributed by atoms with Gasteiger partial charge >= 0.3 is 0 Å². The molecule has 1 aliphatic rings. The molecule has 0 radical (unpaired) electrons. The average molecular weight is 418 g/mol. The number of aromatic nitrogens is 1. The van der Waals surface area contributed by atoms with E-state index in [9.17, 15) is 18.0 Å². The van der Waals surface area contributed by atoms with Crippen molar-refractivity contribution in [1.82, 2.24) is 9.29 Å². The van der Waals surface area contributed by atoms with E-state index in [1.807, 2.05) is 0 Å². The Morgan fingerprint density at radius 3 is 2.24 bits per heavy atom. The van der Waals surface area contributed by atoms with Crippen molar-refractivity contribution in [3.8, 4) is 0 Å². The van der Waals surface area contributed by atoms with Gasteiger partial charge in [0.1, 0.15) is 10.6 Å². The van der Waals surface area contributed by atoms with Gasteiger partial charge in [-0.2, -0.15) is 4.31 Å². The van der Waals surface area contributed by atoms with Gasteiger partial charge in [-0.05, 0) is 69.4 Å². The van der Waals surface area contributed by atoms with E-state index in [0.717, 1.165) is 12.8 Å². The van der Waals surface area contributed by atoms with E-state index in [-0.39, 0.29) is 16.4 Å². The van der Waals surface area contributed by atoms with Crippen LogP contribution in [-0.4, -0.2) is 42.5 Å². The van der Waals surface area contributed by atoms with Crippen molar-refractivity contribution in [2.24, 2.45) is 5.92 Å². The summed E-state index contributed by atoms with van der Waals surface area (Å²) in [6.07, 6.45) is 1.68. The van der Waals surface area contributed by atoms with Gasteiger partial charge in [0.2, 0.25) is 10.0 Å². The highest BCUT2D eigenvalue weighted by Crippen LogP contribution is 2.29. The van der Waals surface area contributed by atoms with Crippen LogP contribution in [0.5, 0.6) is 0 Å². The predicted molar refractivity (Wildman–Crippen MR) is 112 cm³/mol. The number of ketones is 1. The fourth-order valence-corrected chi connectivity index (χ4v) is 5.56. The Morgan fingerprint density at radius 1 is 1.10 bits per heavy atom. The molecule has 1 saturated heterocycles. The number of carbonyl (C=O) groups excluding carboxylic acids is 2. The van der Waals surface area contributed by atoms with Gasteiger partial charge in [0.15, 0.2) is 5.78 Å². The van der Waals surface area contributed by atoms with Crippen LogP contribution in [0, 0.1) is 19.8 Å². The molecule has 0 spiro atoms. The first-order chi connectivity index (χ1) is 13.6. The Balaban J connectivity index is 1.85. The zero-order valence-electron chi connectivity index (χ0n) is 17.2. The molecule has 2 heterocycles. The van der Waals surface area contributed by atoms with E-state index in [1.54, 1.807) is 38.1 Å². The van der Waals surface area contributed by atoms with Crippen molar-refractivity contribution in [2.45, 2.75) is 45.4 Å². The monoisotopic (exact) mass is 417 g/mol. The lowest BCUT2D eigenvalue weighted by Gasteiger charge is -2.29. The zero-order chi connectivity index (χ0) is 21.3. The van der Waals surface area contributed by atoms with Crippen LogP contribution in [-0.2, 0) is 10.0 Å². The van der Waals surface area contributed by atoms with Crippen molar-refractivity contribution in [2.75, 3.05) is 18.4 Å². The minimum absolute atomic E-state index is 0.0549. The fourth-order valence-electron chi connectivity index (χ4n) is 3.68. The number of benzene rings is 1. The minimum Gasteiger partial charge on any atom is -0.353 e. The largest absolute Gasteiger partial charge is 0.353 e. The highest BCUT2D eigenvalue weighted by molar-refractivity contribution is 7.89. The molecule has 1 aromatic carbocycles. The summed E-state index contributed by atoms with van der Waals surface area (Å²) in [5.41, 5.74) is 2.18. The smallest absolute Gasteiger partial charge is 0.272 e. The van der Waals surface area contributed by atoms with E-state index in [4.69, 9.17) is 0 Å². The van der Waals surface area contributed by atoms with E-state index >= 15 is 0 Å². The lowest BCUT2D eigenvalue weighted by atomic mass is 10.0. The van der Waals surface area contributed by atoms with Gasteiger partial charge < -0.3 is 10.3 Å². The third-order valence-electron chi connectivity index (χ3n) is 5.49. The summed E-state index contributed by atoms with van der Waals surface area (Å²) in [5, 5.41) is 2.75. The first-order valence-corrected chi connectivity index (χ1v) is 11.2. The summed E-state index contributed by atoms with van der Waals surface area (Å²) in [6, 6.07) is 6.56. The molecule has 0 bridgehead atoms. The van der Waals surface area contributed by atoms with Crippen molar-refractivity contribution >= 4 is 27.4 Å². The van der Waals surface area contributed by atoms with Crippen molar-refractivity contribution in [3.05, 3.63) is 46.8 Å². The minimum atomic E-state index is -3.66. The lowest BCUT2D eigenvalue weighted by molar-refractivity contribution is 0.101. The third kappa shape index (κ3) is 4.28. The Bertz CT molecular complexity index is 1030. The number of Topliss-reactive ketones (excluding diaryl/α,β-unsaturated/α-hetero) is 1. The van der Waals surface area contributed by atoms with E-state index in [1.165, 1.54) is 11.2 Å². The number of sulfonamides is 1. The second-order valence-electron chi connectivity index (χ2n) is 7.75. The molecule has 1 amide bonds. The Kier molecular flexibility index (Phi) is 5.95. The van der Waals surface area contributed by atoms with Crippen LogP contribution in [0.3, 0.4) is 0 Å². The second kappa shape index (κ2) is 8.12. The maximum Gasteiger partial charge on any atom is 0.272 e. The Hall–Kier alpha value is -2.45. The SMILES string of the molecule is CC(=O)c1ccc(NC(=O)c2[nH]c(C)c(S(=O)(=O)N3CCC(C)CC3)c2C)cc1. The molecule has 2 N–H and O–H groups in total. The van der Waals surface area contributed by atoms with Crippen molar-refractivity contribution in [3.63, 3.8) is 0 Å². The maximum atomic E-state index is 13.2. The number of hydrogen-bond acceptors (Lipinski definition) is 4. The van der Waals surface area contributed by atoms with Crippen LogP contribution in [0.4, 0.5) is 5.69 Å². The molecule has 0 unspecified atom stereocenters. The summed E-state index contributed by atoms with van der Waals surface area (Å²) < 4.78 is 27.9. The van der Waals surface area contributed by atoms with Crippen LogP contribution in [0.15, 0.2) is 29.2 Å². The second-order valence-corrected chi connectivity index (χ2v) is 9.63. The first kappa shape index (κ1) is 21.3. The number of piperidine rings is 1. The number of hydrogen-bond donors (Lipinski definition) is 2. The Morgan fingerprint density at radius 2 is 1.69 bits per heavy atom. The molecule has 8 heteroatoms. The molecule has 3 rings (SSSR count). The highest BCUT2D eigenvalue weighted by Gasteiger charge is 2.33. The normalized spacial score (nSPS) is 16.0. The van der Waals surface area contributed by atoms with Gasteiger partial charge in [-0.25, -0.2) is 8.42 Å². The van der Waals surface area contributed by atoms with E-state index < -0.39 is 15.9 Å².